The smallest absolute Gasteiger partial charge is 0 e. The molecule has 0 spiro atoms. The van der Waals surface area contributed by atoms with Crippen LogP contribution in [-0.4, -0.2) is 6.04 Å². The van der Waals surface area contributed by atoms with E-state index in [1.165, 1.54) is 0 Å². The van der Waals surface area contributed by atoms with Crippen molar-refractivity contribution in [2.45, 2.75) is 19.4 Å². The van der Waals surface area contributed by atoms with Crippen molar-refractivity contribution < 1.29 is 32.7 Å². The van der Waals surface area contributed by atoms with Gasteiger partial charge in [0.1, 0.15) is 0 Å². The standard InChI is InChI=1S/C10H13N.Y/c1-3-9(2)11-10-7-5-4-6-8-10;/h4-7,9,11H,2-3H2,1H3;/q-2;. The van der Waals surface area contributed by atoms with Gasteiger partial charge < -0.3 is 12.2 Å². The molecule has 12 heavy (non-hydrogen) atoms. The van der Waals surface area contributed by atoms with E-state index in [0.717, 1.165) is 12.1 Å². The van der Waals surface area contributed by atoms with Gasteiger partial charge in [0.2, 0.25) is 0 Å². The third-order valence-electron chi connectivity index (χ3n) is 1.56. The van der Waals surface area contributed by atoms with Gasteiger partial charge in [-0.1, -0.05) is 19.0 Å². The molecule has 1 nitrogen and oxygen atoms in total. The first-order valence-electron chi connectivity index (χ1n) is 3.89. The summed E-state index contributed by atoms with van der Waals surface area (Å²) < 4.78 is 0. The second-order valence-electron chi connectivity index (χ2n) is 2.53. The predicted molar refractivity (Wildman–Crippen MR) is 48.3 cm³/mol. The maximum Gasteiger partial charge on any atom is 0 e. The van der Waals surface area contributed by atoms with Crippen molar-refractivity contribution in [1.29, 1.82) is 0 Å². The van der Waals surface area contributed by atoms with Crippen molar-refractivity contribution in [3.63, 3.8) is 0 Å². The molecule has 1 atom stereocenters. The number of nitrogens with one attached hydrogen (secondary N) is 1. The topological polar surface area (TPSA) is 12.0 Å². The Bertz CT molecular complexity index is 198. The van der Waals surface area contributed by atoms with Gasteiger partial charge in [0.05, 0.1) is 0 Å². The minimum Gasteiger partial charge on any atom is -0.433 e. The van der Waals surface area contributed by atoms with Gasteiger partial charge in [-0.05, 0) is 0 Å². The number of para-hydroxylation sites is 1. The zero-order chi connectivity index (χ0) is 8.10. The summed E-state index contributed by atoms with van der Waals surface area (Å²) in [6.45, 7) is 6.03. The molecule has 1 rings (SSSR count). The van der Waals surface area contributed by atoms with Crippen LogP contribution in [0.3, 0.4) is 0 Å². The van der Waals surface area contributed by atoms with Gasteiger partial charge in [-0.2, -0.15) is 24.3 Å². The molecule has 0 saturated heterocycles. The molecule has 0 bridgehead atoms. The molecule has 0 aliphatic heterocycles. The van der Waals surface area contributed by atoms with Crippen LogP contribution in [0.2, 0.25) is 0 Å². The molecule has 0 aliphatic carbocycles. The molecular weight excluding hydrogens is 223 g/mol. The van der Waals surface area contributed by atoms with Crippen LogP contribution in [0, 0.1) is 13.0 Å². The maximum absolute atomic E-state index is 3.92. The van der Waals surface area contributed by atoms with E-state index in [-0.39, 0.29) is 38.8 Å². The van der Waals surface area contributed by atoms with Gasteiger partial charge in [0.15, 0.2) is 0 Å². The normalized spacial score (nSPS) is 11.5. The molecule has 1 radical (unpaired) electrons. The quantitative estimate of drug-likeness (QED) is 0.795. The van der Waals surface area contributed by atoms with Crippen molar-refractivity contribution >= 4 is 5.69 Å². The summed E-state index contributed by atoms with van der Waals surface area (Å²) in [6, 6.07) is 11.2. The maximum atomic E-state index is 3.92. The monoisotopic (exact) mass is 236 g/mol. The SMILES string of the molecule is [CH2-]C(CC)Nc1[c-]cccc1.[Y]. The fraction of sp³-hybridized carbons (Fsp3) is 0.300. The number of hydrogen-bond donors (Lipinski definition) is 1. The number of anilines is 1. The van der Waals surface area contributed by atoms with Crippen molar-refractivity contribution in [3.05, 3.63) is 37.3 Å². The number of rotatable bonds is 3. The predicted octanol–water partition coefficient (Wildman–Crippen LogP) is 2.51. The van der Waals surface area contributed by atoms with Crippen LogP contribution in [0.25, 0.3) is 0 Å². The van der Waals surface area contributed by atoms with Gasteiger partial charge in [-0.25, -0.2) is 0 Å². The van der Waals surface area contributed by atoms with Crippen LogP contribution in [0.5, 0.6) is 0 Å². The van der Waals surface area contributed by atoms with Crippen LogP contribution < -0.4 is 5.32 Å². The minimum atomic E-state index is 0. The molecule has 2 heteroatoms. The zero-order valence-electron chi connectivity index (χ0n) is 7.38. The van der Waals surface area contributed by atoms with E-state index in [9.17, 15) is 0 Å². The summed E-state index contributed by atoms with van der Waals surface area (Å²) in [5.41, 5.74) is 1.02. The third-order valence-corrected chi connectivity index (χ3v) is 1.56. The van der Waals surface area contributed by atoms with Crippen LogP contribution in [0.1, 0.15) is 13.3 Å². The van der Waals surface area contributed by atoms with Crippen molar-refractivity contribution in [2.75, 3.05) is 5.32 Å². The molecule has 0 saturated carbocycles. The molecule has 1 aromatic carbocycles. The first kappa shape index (κ1) is 12.1. The Morgan fingerprint density at radius 3 is 2.83 bits per heavy atom. The van der Waals surface area contributed by atoms with Gasteiger partial charge >= 0.3 is 0 Å². The molecule has 1 aromatic rings. The second-order valence-corrected chi connectivity index (χ2v) is 2.53. The van der Waals surface area contributed by atoms with E-state index in [1.54, 1.807) is 0 Å². The summed E-state index contributed by atoms with van der Waals surface area (Å²) >= 11 is 0. The van der Waals surface area contributed by atoms with Gasteiger partial charge in [-0.15, -0.1) is 12.1 Å². The van der Waals surface area contributed by atoms with E-state index < -0.39 is 0 Å². The zero-order valence-corrected chi connectivity index (χ0v) is 10.2. The molecule has 0 aromatic heterocycles. The Hall–Kier alpha value is 0.124. The second kappa shape index (κ2) is 6.62. The fourth-order valence-electron chi connectivity index (χ4n) is 0.805. The average molecular weight is 236 g/mol. The van der Waals surface area contributed by atoms with E-state index in [1.807, 2.05) is 24.3 Å². The fourth-order valence-corrected chi connectivity index (χ4v) is 0.805. The van der Waals surface area contributed by atoms with Gasteiger partial charge in [0, 0.05) is 32.7 Å². The molecule has 1 unspecified atom stereocenters. The van der Waals surface area contributed by atoms with Crippen LogP contribution in [0.4, 0.5) is 5.69 Å². The molecular formula is C10H13NY-2. The Labute approximate surface area is 99.8 Å². The molecule has 0 heterocycles. The minimum absolute atomic E-state index is 0. The summed E-state index contributed by atoms with van der Waals surface area (Å²) in [6.07, 6.45) is 1.03. The summed E-state index contributed by atoms with van der Waals surface area (Å²) in [5.74, 6) is 0. The molecule has 1 N–H and O–H groups in total. The molecule has 0 aliphatic rings. The first-order valence-corrected chi connectivity index (χ1v) is 3.89. The Morgan fingerprint density at radius 1 is 1.58 bits per heavy atom. The van der Waals surface area contributed by atoms with Crippen LogP contribution in [-0.2, 0) is 32.7 Å². The Kier molecular flexibility index (Phi) is 6.69. The summed E-state index contributed by atoms with van der Waals surface area (Å²) in [5, 5.41) is 3.22. The third kappa shape index (κ3) is 4.22. The van der Waals surface area contributed by atoms with Gasteiger partial charge in [0.25, 0.3) is 0 Å². The van der Waals surface area contributed by atoms with Crippen molar-refractivity contribution in [2.24, 2.45) is 0 Å². The van der Waals surface area contributed by atoms with E-state index >= 15 is 0 Å². The molecule has 63 valence electrons. The Morgan fingerprint density at radius 2 is 2.33 bits per heavy atom. The number of hydrogen-bond acceptors (Lipinski definition) is 1. The van der Waals surface area contributed by atoms with Gasteiger partial charge in [-0.3, -0.25) is 0 Å². The van der Waals surface area contributed by atoms with E-state index in [0.29, 0.717) is 0 Å². The van der Waals surface area contributed by atoms with Crippen molar-refractivity contribution in [3.8, 4) is 0 Å². The van der Waals surface area contributed by atoms with Crippen LogP contribution >= 0.6 is 0 Å². The summed E-state index contributed by atoms with van der Waals surface area (Å²) in [4.78, 5) is 0. The average Bonchev–Trinajstić information content (AvgIpc) is 2.06. The van der Waals surface area contributed by atoms with E-state index in [2.05, 4.69) is 25.2 Å². The molecule has 0 amide bonds. The van der Waals surface area contributed by atoms with Crippen LogP contribution in [0.15, 0.2) is 24.3 Å². The summed E-state index contributed by atoms with van der Waals surface area (Å²) in [7, 11) is 0. The van der Waals surface area contributed by atoms with Crippen molar-refractivity contribution in [1.82, 2.24) is 0 Å². The first-order chi connectivity index (χ1) is 5.33. The Balaban J connectivity index is 0.00000121. The molecule has 0 fully saturated rings. The van der Waals surface area contributed by atoms with E-state index in [4.69, 9.17) is 0 Å². The number of benzene rings is 1. The largest absolute Gasteiger partial charge is 0.433 e.